The highest BCUT2D eigenvalue weighted by atomic mass is 19.4. The molecule has 0 radical (unpaired) electrons. The van der Waals surface area contributed by atoms with Gasteiger partial charge in [0.15, 0.2) is 11.6 Å². The number of nitrogens with zero attached hydrogens (tertiary/aromatic N) is 3. The van der Waals surface area contributed by atoms with E-state index in [1.807, 2.05) is 0 Å². The Kier molecular flexibility index (Phi) is 3.76. The van der Waals surface area contributed by atoms with E-state index in [1.165, 1.54) is 19.8 Å². The van der Waals surface area contributed by atoms with Gasteiger partial charge in [-0.25, -0.2) is 0 Å². The molecule has 0 unspecified atom stereocenters. The van der Waals surface area contributed by atoms with Gasteiger partial charge in [-0.15, -0.1) is 5.10 Å². The Labute approximate surface area is 125 Å². The molecule has 0 bridgehead atoms. The van der Waals surface area contributed by atoms with Crippen LogP contribution in [0.15, 0.2) is 12.1 Å². The summed E-state index contributed by atoms with van der Waals surface area (Å²) in [7, 11) is 0. The van der Waals surface area contributed by atoms with Crippen molar-refractivity contribution in [3.63, 3.8) is 0 Å². The van der Waals surface area contributed by atoms with Gasteiger partial charge in [0.2, 0.25) is 0 Å². The van der Waals surface area contributed by atoms with Crippen molar-refractivity contribution < 1.29 is 13.2 Å². The van der Waals surface area contributed by atoms with Crippen LogP contribution in [0.3, 0.4) is 0 Å². The van der Waals surface area contributed by atoms with Gasteiger partial charge in [-0.2, -0.15) is 23.4 Å². The molecule has 2 heterocycles. The van der Waals surface area contributed by atoms with E-state index < -0.39 is 11.7 Å². The summed E-state index contributed by atoms with van der Waals surface area (Å²) in [5, 5.41) is 16.8. The van der Waals surface area contributed by atoms with Crippen molar-refractivity contribution in [1.29, 1.82) is 0 Å². The van der Waals surface area contributed by atoms with Gasteiger partial charge in [-0.05, 0) is 25.8 Å². The lowest BCUT2D eigenvalue weighted by molar-refractivity contribution is -0.137. The van der Waals surface area contributed by atoms with E-state index in [-0.39, 0.29) is 11.5 Å². The molecule has 8 heteroatoms. The third-order valence-electron chi connectivity index (χ3n) is 3.86. The summed E-state index contributed by atoms with van der Waals surface area (Å²) in [5.41, 5.74) is 0.325. The van der Waals surface area contributed by atoms with Gasteiger partial charge in [-0.1, -0.05) is 12.8 Å². The van der Waals surface area contributed by atoms with Crippen LogP contribution in [0.4, 0.5) is 24.8 Å². The number of aromatic nitrogens is 4. The Balaban J connectivity index is 1.84. The predicted octanol–water partition coefficient (Wildman–Crippen LogP) is 3.93. The second-order valence-corrected chi connectivity index (χ2v) is 5.56. The number of nitrogens with one attached hydrogen (secondary N) is 2. The van der Waals surface area contributed by atoms with Crippen molar-refractivity contribution in [2.75, 3.05) is 5.32 Å². The third kappa shape index (κ3) is 3.05. The largest absolute Gasteiger partial charge is 0.420 e. The van der Waals surface area contributed by atoms with E-state index in [4.69, 9.17) is 0 Å². The van der Waals surface area contributed by atoms with Gasteiger partial charge in [0.25, 0.3) is 0 Å². The summed E-state index contributed by atoms with van der Waals surface area (Å²) in [5.74, 6) is 0.405. The van der Waals surface area contributed by atoms with Crippen LogP contribution < -0.4 is 5.32 Å². The Hall–Kier alpha value is -2.12. The molecule has 0 aliphatic heterocycles. The van der Waals surface area contributed by atoms with Crippen molar-refractivity contribution in [3.05, 3.63) is 29.1 Å². The van der Waals surface area contributed by atoms with E-state index in [1.54, 1.807) is 6.07 Å². The zero-order valence-electron chi connectivity index (χ0n) is 12.0. The van der Waals surface area contributed by atoms with E-state index >= 15 is 0 Å². The molecule has 2 aromatic heterocycles. The summed E-state index contributed by atoms with van der Waals surface area (Å²) in [4.78, 5) is 0. The monoisotopic (exact) mass is 311 g/mol. The van der Waals surface area contributed by atoms with Crippen molar-refractivity contribution in [3.8, 4) is 0 Å². The van der Waals surface area contributed by atoms with E-state index in [9.17, 15) is 13.2 Å². The third-order valence-corrected chi connectivity index (χ3v) is 3.86. The minimum Gasteiger partial charge on any atom is -0.321 e. The molecule has 1 fully saturated rings. The molecular formula is C14H16F3N5. The van der Waals surface area contributed by atoms with Crippen LogP contribution in [-0.4, -0.2) is 20.4 Å². The molecule has 0 aromatic carbocycles. The highest BCUT2D eigenvalue weighted by Crippen LogP contribution is 2.36. The van der Waals surface area contributed by atoms with Crippen LogP contribution >= 0.6 is 0 Å². The first-order valence-corrected chi connectivity index (χ1v) is 7.17. The minimum atomic E-state index is -4.49. The van der Waals surface area contributed by atoms with Gasteiger partial charge in [0.1, 0.15) is 5.56 Å². The Morgan fingerprint density at radius 1 is 1.18 bits per heavy atom. The molecule has 1 aliphatic rings. The molecule has 1 aliphatic carbocycles. The van der Waals surface area contributed by atoms with E-state index in [0.29, 0.717) is 11.7 Å². The van der Waals surface area contributed by atoms with Crippen LogP contribution in [0.25, 0.3) is 0 Å². The first-order valence-electron chi connectivity index (χ1n) is 7.17. The molecule has 5 nitrogen and oxygen atoms in total. The highest BCUT2D eigenvalue weighted by molar-refractivity contribution is 5.56. The van der Waals surface area contributed by atoms with Crippen LogP contribution in [0.1, 0.15) is 48.6 Å². The molecule has 22 heavy (non-hydrogen) atoms. The van der Waals surface area contributed by atoms with Crippen LogP contribution in [-0.2, 0) is 6.18 Å². The fraction of sp³-hybridized carbons (Fsp3) is 0.500. The fourth-order valence-electron chi connectivity index (χ4n) is 2.77. The summed E-state index contributed by atoms with van der Waals surface area (Å²) >= 11 is 0. The standard InChI is InChI=1S/C14H16F3N5/c1-8-6-10(14(15,16)17)13(22-19-8)18-12-7-11(20-21-12)9-4-2-3-5-9/h6-7,9H,2-5H2,1H3,(H2,18,20,21,22). The second-order valence-electron chi connectivity index (χ2n) is 5.56. The van der Waals surface area contributed by atoms with E-state index in [0.717, 1.165) is 24.6 Å². The number of H-pyrrole nitrogens is 1. The first kappa shape index (κ1) is 14.8. The number of alkyl halides is 3. The molecule has 3 rings (SSSR count). The smallest absolute Gasteiger partial charge is 0.321 e. The quantitative estimate of drug-likeness (QED) is 0.901. The molecule has 1 saturated carbocycles. The SMILES string of the molecule is Cc1cc(C(F)(F)F)c(Nc2cc(C3CCCC3)[nH]n2)nn1. The summed E-state index contributed by atoms with van der Waals surface area (Å²) in [6.07, 6.45) is 0.0232. The summed E-state index contributed by atoms with van der Waals surface area (Å²) in [6.45, 7) is 1.47. The summed E-state index contributed by atoms with van der Waals surface area (Å²) < 4.78 is 39.1. The Morgan fingerprint density at radius 3 is 2.59 bits per heavy atom. The molecule has 0 spiro atoms. The highest BCUT2D eigenvalue weighted by Gasteiger charge is 2.35. The molecule has 2 aromatic rings. The first-order chi connectivity index (χ1) is 10.4. The minimum absolute atomic E-state index is 0.214. The number of hydrogen-bond donors (Lipinski definition) is 2. The van der Waals surface area contributed by atoms with Crippen molar-refractivity contribution >= 4 is 11.6 Å². The number of rotatable bonds is 3. The van der Waals surface area contributed by atoms with Gasteiger partial charge < -0.3 is 5.32 Å². The second kappa shape index (κ2) is 5.58. The zero-order valence-corrected chi connectivity index (χ0v) is 12.0. The van der Waals surface area contributed by atoms with Crippen molar-refractivity contribution in [2.24, 2.45) is 0 Å². The van der Waals surface area contributed by atoms with Gasteiger partial charge in [-0.3, -0.25) is 5.10 Å². The fourth-order valence-corrected chi connectivity index (χ4v) is 2.77. The molecule has 2 N–H and O–H groups in total. The van der Waals surface area contributed by atoms with Gasteiger partial charge in [0, 0.05) is 17.7 Å². The molecule has 118 valence electrons. The average Bonchev–Trinajstić information content (AvgIpc) is 3.10. The van der Waals surface area contributed by atoms with Crippen molar-refractivity contribution in [2.45, 2.75) is 44.7 Å². The maximum atomic E-state index is 13.0. The number of halogens is 3. The van der Waals surface area contributed by atoms with Gasteiger partial charge in [0.05, 0.1) is 5.69 Å². The molecule has 0 amide bonds. The van der Waals surface area contributed by atoms with Crippen LogP contribution in [0.5, 0.6) is 0 Å². The predicted molar refractivity (Wildman–Crippen MR) is 74.9 cm³/mol. The average molecular weight is 311 g/mol. The number of anilines is 2. The molecule has 0 saturated heterocycles. The maximum Gasteiger partial charge on any atom is 0.420 e. The number of aryl methyl sites for hydroxylation is 1. The number of hydrogen-bond acceptors (Lipinski definition) is 4. The lowest BCUT2D eigenvalue weighted by atomic mass is 10.0. The zero-order chi connectivity index (χ0) is 15.7. The normalized spacial score (nSPS) is 16.2. The van der Waals surface area contributed by atoms with E-state index in [2.05, 4.69) is 25.7 Å². The summed E-state index contributed by atoms with van der Waals surface area (Å²) in [6, 6.07) is 2.72. The lowest BCUT2D eigenvalue weighted by Gasteiger charge is -2.11. The molecular weight excluding hydrogens is 295 g/mol. The van der Waals surface area contributed by atoms with Crippen LogP contribution in [0.2, 0.25) is 0 Å². The molecule has 0 atom stereocenters. The van der Waals surface area contributed by atoms with Crippen molar-refractivity contribution in [1.82, 2.24) is 20.4 Å². The lowest BCUT2D eigenvalue weighted by Crippen LogP contribution is -2.12. The Morgan fingerprint density at radius 2 is 1.91 bits per heavy atom. The van der Waals surface area contributed by atoms with Gasteiger partial charge >= 0.3 is 6.18 Å². The van der Waals surface area contributed by atoms with Crippen LogP contribution in [0, 0.1) is 6.92 Å². The maximum absolute atomic E-state index is 13.0. The number of aromatic amines is 1. The Bertz CT molecular complexity index is 659. The topological polar surface area (TPSA) is 66.5 Å².